The van der Waals surface area contributed by atoms with Crippen molar-refractivity contribution in [2.75, 3.05) is 57.4 Å². The second kappa shape index (κ2) is 16.1. The van der Waals surface area contributed by atoms with Crippen LogP contribution in [0.15, 0.2) is 24.4 Å². The Morgan fingerprint density at radius 3 is 1.80 bits per heavy atom. The number of imidazole rings is 1. The molecule has 2 aliphatic heterocycles. The summed E-state index contributed by atoms with van der Waals surface area (Å²) in [5.41, 5.74) is 2.25. The number of morpholine rings is 1. The molecule has 3 fully saturated rings. The van der Waals surface area contributed by atoms with Gasteiger partial charge in [-0.2, -0.15) is 39.5 Å². The predicted octanol–water partition coefficient (Wildman–Crippen LogP) is 3.43. The fourth-order valence-corrected chi connectivity index (χ4v) is 4.11. The molecule has 1 saturated carbocycles. The molecule has 0 bridgehead atoms. The number of hydrogen-bond acceptors (Lipinski definition) is 8. The number of halogens is 9. The van der Waals surface area contributed by atoms with Crippen LogP contribution in [0.25, 0.3) is 5.65 Å². The summed E-state index contributed by atoms with van der Waals surface area (Å²) in [5, 5.41) is 24.9. The molecule has 3 aliphatic rings. The number of piperazine rings is 1. The Morgan fingerprint density at radius 1 is 0.848 bits per heavy atom. The fourth-order valence-electron chi connectivity index (χ4n) is 4.11. The van der Waals surface area contributed by atoms with Gasteiger partial charge in [-0.25, -0.2) is 19.4 Å². The third-order valence-corrected chi connectivity index (χ3v) is 6.44. The van der Waals surface area contributed by atoms with Crippen molar-refractivity contribution in [2.24, 2.45) is 5.92 Å². The second-order valence-corrected chi connectivity index (χ2v) is 9.94. The third kappa shape index (κ3) is 12.5. The predicted molar refractivity (Wildman–Crippen MR) is 139 cm³/mol. The SMILES string of the molecule is O=C(O)C(F)(F)F.O=C(O)C(F)(F)F.O=C(O)C(F)(F)F.c1cc(N2CCOCC2)n2cc(C3CNCCN3CC3CC3)nc2c1. The van der Waals surface area contributed by atoms with E-state index in [1.165, 1.54) is 30.9 Å². The largest absolute Gasteiger partial charge is 0.490 e. The molecule has 2 aromatic rings. The van der Waals surface area contributed by atoms with Crippen LogP contribution in [0.3, 0.4) is 0 Å². The van der Waals surface area contributed by atoms with Crippen LogP contribution in [0.2, 0.25) is 0 Å². The number of rotatable bonds is 4. The Hall–Kier alpha value is -3.85. The highest BCUT2D eigenvalue weighted by Crippen LogP contribution is 2.33. The highest BCUT2D eigenvalue weighted by atomic mass is 19.4. The van der Waals surface area contributed by atoms with E-state index in [1.807, 2.05) is 0 Å². The molecular weight excluding hydrogens is 653 g/mol. The molecule has 4 heterocycles. The minimum Gasteiger partial charge on any atom is -0.475 e. The number of anilines is 1. The molecule has 46 heavy (non-hydrogen) atoms. The minimum absolute atomic E-state index is 0.395. The number of nitrogens with zero attached hydrogens (tertiary/aromatic N) is 4. The van der Waals surface area contributed by atoms with Crippen molar-refractivity contribution in [3.8, 4) is 0 Å². The van der Waals surface area contributed by atoms with Gasteiger partial charge in [0.15, 0.2) is 0 Å². The van der Waals surface area contributed by atoms with Crippen molar-refractivity contribution in [1.82, 2.24) is 19.6 Å². The number of fused-ring (bicyclic) bond motifs is 1. The van der Waals surface area contributed by atoms with Crippen LogP contribution in [0.1, 0.15) is 24.6 Å². The van der Waals surface area contributed by atoms with Crippen molar-refractivity contribution in [1.29, 1.82) is 0 Å². The van der Waals surface area contributed by atoms with Crippen LogP contribution in [0.4, 0.5) is 45.3 Å². The van der Waals surface area contributed by atoms with Gasteiger partial charge in [-0.1, -0.05) is 6.07 Å². The first kappa shape index (κ1) is 38.3. The number of alkyl halides is 9. The summed E-state index contributed by atoms with van der Waals surface area (Å²) >= 11 is 0. The summed E-state index contributed by atoms with van der Waals surface area (Å²) in [4.78, 5) is 36.7. The Labute approximate surface area is 254 Å². The molecule has 5 rings (SSSR count). The lowest BCUT2D eigenvalue weighted by atomic mass is 10.1. The molecule has 4 N–H and O–H groups in total. The third-order valence-electron chi connectivity index (χ3n) is 6.44. The normalized spacial score (nSPS) is 19.1. The van der Waals surface area contributed by atoms with E-state index in [4.69, 9.17) is 39.4 Å². The van der Waals surface area contributed by atoms with Gasteiger partial charge in [0.25, 0.3) is 0 Å². The van der Waals surface area contributed by atoms with Crippen LogP contribution in [-0.4, -0.2) is 119 Å². The molecule has 21 heteroatoms. The van der Waals surface area contributed by atoms with Crippen molar-refractivity contribution < 1.29 is 74.0 Å². The van der Waals surface area contributed by atoms with Gasteiger partial charge in [-0.15, -0.1) is 0 Å². The average molecular weight is 684 g/mol. The molecule has 2 saturated heterocycles. The van der Waals surface area contributed by atoms with Crippen molar-refractivity contribution in [2.45, 2.75) is 37.4 Å². The lowest BCUT2D eigenvalue weighted by molar-refractivity contribution is -0.193. The number of aromatic nitrogens is 2. The smallest absolute Gasteiger partial charge is 0.475 e. The summed E-state index contributed by atoms with van der Waals surface area (Å²) < 4.78 is 103. The maximum absolute atomic E-state index is 10.6. The highest BCUT2D eigenvalue weighted by Gasteiger charge is 2.39. The molecular formula is C25H30F9N5O7. The number of carboxylic acids is 3. The molecule has 0 radical (unpaired) electrons. The van der Waals surface area contributed by atoms with Gasteiger partial charge >= 0.3 is 36.4 Å². The van der Waals surface area contributed by atoms with Crippen LogP contribution < -0.4 is 10.2 Å². The minimum atomic E-state index is -5.08. The van der Waals surface area contributed by atoms with E-state index in [2.05, 4.69) is 43.9 Å². The van der Waals surface area contributed by atoms with E-state index in [1.54, 1.807) is 0 Å². The van der Waals surface area contributed by atoms with Crippen molar-refractivity contribution >= 4 is 29.4 Å². The first-order valence-electron chi connectivity index (χ1n) is 13.4. The Morgan fingerprint density at radius 2 is 1.35 bits per heavy atom. The standard InChI is InChI=1S/C19H27N5O.3C2HF3O2/c1-2-18-21-16(17-12-20-6-7-23(17)13-15-4-5-15)14-24(18)19(3-1)22-8-10-25-11-9-22;3*3-2(4,5)1(6)7/h1-3,14-15,17,20H,4-13H2;3*(H,6,7). The van der Waals surface area contributed by atoms with Crippen molar-refractivity contribution in [3.63, 3.8) is 0 Å². The van der Waals surface area contributed by atoms with Crippen LogP contribution >= 0.6 is 0 Å². The first-order chi connectivity index (χ1) is 21.2. The first-order valence-corrected chi connectivity index (χ1v) is 13.4. The maximum atomic E-state index is 10.6. The number of nitrogens with one attached hydrogen (secondary N) is 1. The summed E-state index contributed by atoms with van der Waals surface area (Å²) in [6, 6.07) is 6.84. The quantitative estimate of drug-likeness (QED) is 0.350. The summed E-state index contributed by atoms with van der Waals surface area (Å²) in [6.45, 7) is 7.97. The molecule has 0 amide bonds. The Balaban J connectivity index is 0.000000289. The summed E-state index contributed by atoms with van der Waals surface area (Å²) in [7, 11) is 0. The van der Waals surface area contributed by atoms with Crippen molar-refractivity contribution in [3.05, 3.63) is 30.1 Å². The van der Waals surface area contributed by atoms with Gasteiger partial charge in [-0.05, 0) is 30.9 Å². The number of aliphatic carboxylic acids is 3. The van der Waals surface area contributed by atoms with Gasteiger partial charge in [-0.3, -0.25) is 9.30 Å². The molecule has 1 unspecified atom stereocenters. The molecule has 2 aromatic heterocycles. The average Bonchev–Trinajstić information content (AvgIpc) is 3.67. The van der Waals surface area contributed by atoms with E-state index in [-0.39, 0.29) is 0 Å². The zero-order valence-corrected chi connectivity index (χ0v) is 23.7. The zero-order chi connectivity index (χ0) is 34.9. The van der Waals surface area contributed by atoms with E-state index < -0.39 is 36.4 Å². The second-order valence-electron chi connectivity index (χ2n) is 9.94. The van der Waals surface area contributed by atoms with Gasteiger partial charge in [0.05, 0.1) is 24.9 Å². The van der Waals surface area contributed by atoms with Crippen LogP contribution in [0, 0.1) is 5.92 Å². The molecule has 0 spiro atoms. The Kier molecular flexibility index (Phi) is 13.4. The zero-order valence-electron chi connectivity index (χ0n) is 23.7. The molecule has 1 atom stereocenters. The maximum Gasteiger partial charge on any atom is 0.490 e. The molecule has 260 valence electrons. The van der Waals surface area contributed by atoms with Crippen LogP contribution in [0.5, 0.6) is 0 Å². The lowest BCUT2D eigenvalue weighted by Gasteiger charge is -2.35. The lowest BCUT2D eigenvalue weighted by Crippen LogP contribution is -2.46. The summed E-state index contributed by atoms with van der Waals surface area (Å²) in [6.07, 6.45) is -10.2. The number of pyridine rings is 1. The fraction of sp³-hybridized carbons (Fsp3) is 0.600. The summed E-state index contributed by atoms with van der Waals surface area (Å²) in [5.74, 6) is -6.12. The molecule has 0 aromatic carbocycles. The van der Waals surface area contributed by atoms with E-state index in [0.29, 0.717) is 6.04 Å². The van der Waals surface area contributed by atoms with E-state index in [0.717, 1.165) is 57.5 Å². The number of ether oxygens (including phenoxy) is 1. The molecule has 12 nitrogen and oxygen atoms in total. The van der Waals surface area contributed by atoms with E-state index in [9.17, 15) is 39.5 Å². The van der Waals surface area contributed by atoms with Crippen LogP contribution in [-0.2, 0) is 19.1 Å². The van der Waals surface area contributed by atoms with Gasteiger partial charge in [0.1, 0.15) is 11.5 Å². The Bertz CT molecular complexity index is 1250. The highest BCUT2D eigenvalue weighted by molar-refractivity contribution is 5.73. The van der Waals surface area contributed by atoms with Gasteiger partial charge < -0.3 is 30.3 Å². The number of hydrogen-bond donors (Lipinski definition) is 4. The van der Waals surface area contributed by atoms with Gasteiger partial charge in [0, 0.05) is 45.5 Å². The molecule has 1 aliphatic carbocycles. The van der Waals surface area contributed by atoms with Gasteiger partial charge in [0.2, 0.25) is 0 Å². The van der Waals surface area contributed by atoms with E-state index >= 15 is 0 Å². The topological polar surface area (TPSA) is 157 Å². The number of carboxylic acid groups (broad SMARTS) is 3. The number of carbonyl (C=O) groups is 3. The monoisotopic (exact) mass is 683 g/mol.